The zero-order valence-corrected chi connectivity index (χ0v) is 13.5. The third-order valence-corrected chi connectivity index (χ3v) is 3.00. The van der Waals surface area contributed by atoms with E-state index in [1.165, 1.54) is 0 Å². The zero-order chi connectivity index (χ0) is 15.7. The maximum Gasteiger partial charge on any atom is 0.219 e. The Morgan fingerprint density at radius 3 is 2.81 bits per heavy atom. The van der Waals surface area contributed by atoms with Gasteiger partial charge in [-0.15, -0.1) is 0 Å². The molecule has 2 N–H and O–H groups in total. The highest BCUT2D eigenvalue weighted by atomic mass is 16.5. The molecule has 1 aromatic rings. The van der Waals surface area contributed by atoms with Gasteiger partial charge in [-0.25, -0.2) is 0 Å². The molecule has 0 spiro atoms. The molecular formula is C16H27N3O2. The number of ether oxygens (including phenoxy) is 1. The number of carbonyl (C=O) groups excluding carboxylic acids is 1. The van der Waals surface area contributed by atoms with Crippen LogP contribution >= 0.6 is 0 Å². The molecule has 21 heavy (non-hydrogen) atoms. The van der Waals surface area contributed by atoms with Crippen LogP contribution in [0.25, 0.3) is 0 Å². The minimum atomic E-state index is 0.0412. The van der Waals surface area contributed by atoms with Crippen molar-refractivity contribution >= 4 is 5.91 Å². The molecule has 0 aromatic carbocycles. The molecule has 5 heteroatoms. The van der Waals surface area contributed by atoms with Crippen LogP contribution in [0.4, 0.5) is 0 Å². The van der Waals surface area contributed by atoms with E-state index in [1.807, 2.05) is 19.1 Å². The molecule has 0 atom stereocenters. The number of amides is 1. The lowest BCUT2D eigenvalue weighted by Gasteiger charge is -2.13. The number of nitrogens with one attached hydrogen (secondary N) is 2. The minimum absolute atomic E-state index is 0.0412. The third-order valence-electron chi connectivity index (χ3n) is 3.00. The number of rotatable bonds is 9. The summed E-state index contributed by atoms with van der Waals surface area (Å²) < 4.78 is 5.76. The van der Waals surface area contributed by atoms with E-state index < -0.39 is 0 Å². The highest BCUT2D eigenvalue weighted by molar-refractivity contribution is 5.75. The first-order chi connectivity index (χ1) is 10.0. The van der Waals surface area contributed by atoms with Crippen molar-refractivity contribution in [2.75, 3.05) is 20.2 Å². The molecule has 0 bridgehead atoms. The smallest absolute Gasteiger partial charge is 0.219 e. The standard InChI is InChI=1S/C16H27N3O2/c1-12(2)10-18-11-14-15(8-7-13(3)19-14)21-9-5-6-16(20)17-4/h7-8,12,18H,5-6,9-11H2,1-4H3,(H,17,20). The van der Waals surface area contributed by atoms with Crippen molar-refractivity contribution in [1.29, 1.82) is 0 Å². The van der Waals surface area contributed by atoms with Crippen molar-refractivity contribution in [3.05, 3.63) is 23.5 Å². The third kappa shape index (κ3) is 7.09. The van der Waals surface area contributed by atoms with Crippen LogP contribution in [0.15, 0.2) is 12.1 Å². The summed E-state index contributed by atoms with van der Waals surface area (Å²) in [6.45, 7) is 8.49. The fourth-order valence-electron chi connectivity index (χ4n) is 1.87. The Morgan fingerprint density at radius 2 is 2.14 bits per heavy atom. The van der Waals surface area contributed by atoms with E-state index in [2.05, 4.69) is 29.5 Å². The van der Waals surface area contributed by atoms with Crippen LogP contribution in [0.3, 0.4) is 0 Å². The normalized spacial score (nSPS) is 10.7. The topological polar surface area (TPSA) is 63.2 Å². The maximum atomic E-state index is 11.2. The second kappa shape index (κ2) is 9.34. The van der Waals surface area contributed by atoms with Gasteiger partial charge in [0.2, 0.25) is 5.91 Å². The van der Waals surface area contributed by atoms with Crippen molar-refractivity contribution in [3.8, 4) is 5.75 Å². The van der Waals surface area contributed by atoms with Crippen molar-refractivity contribution in [2.45, 2.75) is 40.2 Å². The summed E-state index contributed by atoms with van der Waals surface area (Å²) in [6.07, 6.45) is 1.18. The number of hydrogen-bond donors (Lipinski definition) is 2. The van der Waals surface area contributed by atoms with Crippen LogP contribution < -0.4 is 15.4 Å². The van der Waals surface area contributed by atoms with Crippen LogP contribution in [0.2, 0.25) is 0 Å². The average molecular weight is 293 g/mol. The fourth-order valence-corrected chi connectivity index (χ4v) is 1.87. The van der Waals surface area contributed by atoms with Crippen LogP contribution in [-0.4, -0.2) is 31.1 Å². The molecule has 5 nitrogen and oxygen atoms in total. The Kier molecular flexibility index (Phi) is 7.75. The summed E-state index contributed by atoms with van der Waals surface area (Å²) >= 11 is 0. The molecule has 1 heterocycles. The molecule has 0 aliphatic heterocycles. The van der Waals surface area contributed by atoms with E-state index in [0.717, 1.165) is 23.7 Å². The quantitative estimate of drug-likeness (QED) is 0.684. The fraction of sp³-hybridized carbons (Fsp3) is 0.625. The van der Waals surface area contributed by atoms with E-state index >= 15 is 0 Å². The molecule has 0 radical (unpaired) electrons. The van der Waals surface area contributed by atoms with E-state index in [1.54, 1.807) is 7.05 Å². The number of pyridine rings is 1. The Bertz CT molecular complexity index is 447. The van der Waals surface area contributed by atoms with Gasteiger partial charge in [0.05, 0.1) is 12.3 Å². The van der Waals surface area contributed by atoms with Crippen LogP contribution in [0.5, 0.6) is 5.75 Å². The second-order valence-electron chi connectivity index (χ2n) is 5.55. The number of hydrogen-bond acceptors (Lipinski definition) is 4. The number of aromatic nitrogens is 1. The summed E-state index contributed by atoms with van der Waals surface area (Å²) in [5.74, 6) is 1.44. The second-order valence-corrected chi connectivity index (χ2v) is 5.55. The highest BCUT2D eigenvalue weighted by Crippen LogP contribution is 2.17. The van der Waals surface area contributed by atoms with Crippen molar-refractivity contribution in [3.63, 3.8) is 0 Å². The predicted molar refractivity (Wildman–Crippen MR) is 84.3 cm³/mol. The van der Waals surface area contributed by atoms with Gasteiger partial charge in [-0.2, -0.15) is 0 Å². The first-order valence-corrected chi connectivity index (χ1v) is 7.53. The Labute approximate surface area is 127 Å². The van der Waals surface area contributed by atoms with Gasteiger partial charge in [0.25, 0.3) is 0 Å². The first-order valence-electron chi connectivity index (χ1n) is 7.53. The van der Waals surface area contributed by atoms with Crippen LogP contribution in [-0.2, 0) is 11.3 Å². The molecular weight excluding hydrogens is 266 g/mol. The monoisotopic (exact) mass is 293 g/mol. The van der Waals surface area contributed by atoms with Crippen molar-refractivity contribution < 1.29 is 9.53 Å². The lowest BCUT2D eigenvalue weighted by Crippen LogP contribution is -2.21. The van der Waals surface area contributed by atoms with Gasteiger partial charge < -0.3 is 15.4 Å². The Morgan fingerprint density at radius 1 is 1.38 bits per heavy atom. The Balaban J connectivity index is 2.49. The molecule has 118 valence electrons. The molecule has 0 saturated heterocycles. The summed E-state index contributed by atoms with van der Waals surface area (Å²) in [5.41, 5.74) is 1.91. The number of carbonyl (C=O) groups is 1. The van der Waals surface area contributed by atoms with Crippen LogP contribution in [0, 0.1) is 12.8 Å². The lowest BCUT2D eigenvalue weighted by molar-refractivity contribution is -0.120. The van der Waals surface area contributed by atoms with E-state index in [-0.39, 0.29) is 5.91 Å². The van der Waals surface area contributed by atoms with Gasteiger partial charge in [-0.3, -0.25) is 9.78 Å². The zero-order valence-electron chi connectivity index (χ0n) is 13.5. The van der Waals surface area contributed by atoms with Crippen LogP contribution in [0.1, 0.15) is 38.1 Å². The summed E-state index contributed by atoms with van der Waals surface area (Å²) in [6, 6.07) is 3.90. The number of aryl methyl sites for hydroxylation is 1. The van der Waals surface area contributed by atoms with Gasteiger partial charge in [0, 0.05) is 25.7 Å². The van der Waals surface area contributed by atoms with Gasteiger partial charge >= 0.3 is 0 Å². The molecule has 0 fully saturated rings. The molecule has 0 saturated carbocycles. The van der Waals surface area contributed by atoms with E-state index in [0.29, 0.717) is 31.9 Å². The maximum absolute atomic E-state index is 11.2. The number of nitrogens with zero attached hydrogens (tertiary/aromatic N) is 1. The molecule has 1 rings (SSSR count). The summed E-state index contributed by atoms with van der Waals surface area (Å²) in [5, 5.41) is 5.98. The van der Waals surface area contributed by atoms with Gasteiger partial charge in [-0.1, -0.05) is 13.8 Å². The molecule has 0 aliphatic carbocycles. The van der Waals surface area contributed by atoms with Gasteiger partial charge in [-0.05, 0) is 37.9 Å². The molecule has 1 aromatic heterocycles. The largest absolute Gasteiger partial charge is 0.492 e. The van der Waals surface area contributed by atoms with Gasteiger partial charge in [0.15, 0.2) is 0 Å². The predicted octanol–water partition coefficient (Wildman–Crippen LogP) is 2.04. The SMILES string of the molecule is CNC(=O)CCCOc1ccc(C)nc1CNCC(C)C. The molecule has 0 aliphatic rings. The first kappa shape index (κ1) is 17.4. The minimum Gasteiger partial charge on any atom is -0.492 e. The molecule has 1 amide bonds. The van der Waals surface area contributed by atoms with Crippen molar-refractivity contribution in [1.82, 2.24) is 15.6 Å². The summed E-state index contributed by atoms with van der Waals surface area (Å²) in [4.78, 5) is 15.7. The summed E-state index contributed by atoms with van der Waals surface area (Å²) in [7, 11) is 1.64. The van der Waals surface area contributed by atoms with E-state index in [9.17, 15) is 4.79 Å². The van der Waals surface area contributed by atoms with Gasteiger partial charge in [0.1, 0.15) is 5.75 Å². The van der Waals surface area contributed by atoms with E-state index in [4.69, 9.17) is 4.74 Å². The lowest BCUT2D eigenvalue weighted by atomic mass is 10.2. The van der Waals surface area contributed by atoms with Crippen molar-refractivity contribution in [2.24, 2.45) is 5.92 Å². The highest BCUT2D eigenvalue weighted by Gasteiger charge is 2.07. The molecule has 0 unspecified atom stereocenters. The Hall–Kier alpha value is -1.62. The average Bonchev–Trinajstić information content (AvgIpc) is 2.44.